The number of likely N-dealkylation sites (N-methyl/N-ethyl adjacent to an activating group) is 1. The van der Waals surface area contributed by atoms with E-state index in [1.165, 1.54) is 32.2 Å². The monoisotopic (exact) mass is 270 g/mol. The number of likely N-dealkylation sites (tertiary alicyclic amines) is 1. The molecule has 0 saturated carbocycles. The van der Waals surface area contributed by atoms with Gasteiger partial charge in [-0.3, -0.25) is 4.90 Å². The topological polar surface area (TPSA) is 33.7 Å². The van der Waals surface area contributed by atoms with Crippen molar-refractivity contribution in [2.24, 2.45) is 0 Å². The Morgan fingerprint density at radius 3 is 2.89 bits per heavy atom. The van der Waals surface area contributed by atoms with Crippen molar-refractivity contribution in [1.29, 1.82) is 0 Å². The predicted molar refractivity (Wildman–Crippen MR) is 77.5 cm³/mol. The number of hydrogen-bond acceptors (Lipinski definition) is 4. The van der Waals surface area contributed by atoms with Crippen LogP contribution in [0.3, 0.4) is 0 Å². The van der Waals surface area contributed by atoms with Crippen molar-refractivity contribution in [3.05, 3.63) is 0 Å². The molecule has 2 aliphatic heterocycles. The molecular formula is C15H30N2O2. The minimum absolute atomic E-state index is 0.423. The molecule has 0 aromatic carbocycles. The second kappa shape index (κ2) is 8.20. The van der Waals surface area contributed by atoms with Crippen molar-refractivity contribution in [3.8, 4) is 0 Å². The average Bonchev–Trinajstić information content (AvgIpc) is 2.85. The molecule has 3 atom stereocenters. The maximum atomic E-state index is 6.08. The lowest BCUT2D eigenvalue weighted by atomic mass is 10.1. The highest BCUT2D eigenvalue weighted by Gasteiger charge is 2.28. The molecule has 112 valence electrons. The van der Waals surface area contributed by atoms with E-state index in [9.17, 15) is 0 Å². The van der Waals surface area contributed by atoms with Crippen LogP contribution in [0, 0.1) is 0 Å². The van der Waals surface area contributed by atoms with Gasteiger partial charge in [0.05, 0.1) is 18.3 Å². The molecule has 4 nitrogen and oxygen atoms in total. The molecule has 19 heavy (non-hydrogen) atoms. The van der Waals surface area contributed by atoms with Gasteiger partial charge in [-0.15, -0.1) is 0 Å². The molecule has 0 aromatic heterocycles. The van der Waals surface area contributed by atoms with Crippen LogP contribution in [0.4, 0.5) is 0 Å². The molecule has 0 aliphatic carbocycles. The van der Waals surface area contributed by atoms with Gasteiger partial charge in [-0.2, -0.15) is 0 Å². The normalized spacial score (nSPS) is 32.8. The van der Waals surface area contributed by atoms with Gasteiger partial charge in [-0.25, -0.2) is 0 Å². The summed E-state index contributed by atoms with van der Waals surface area (Å²) in [4.78, 5) is 2.54. The fourth-order valence-electron chi connectivity index (χ4n) is 3.18. The molecule has 3 unspecified atom stereocenters. The van der Waals surface area contributed by atoms with E-state index in [2.05, 4.69) is 17.1 Å². The summed E-state index contributed by atoms with van der Waals surface area (Å²) in [5.41, 5.74) is 0. The number of nitrogens with zero attached hydrogens (tertiary/aromatic N) is 1. The zero-order chi connectivity index (χ0) is 13.5. The van der Waals surface area contributed by atoms with E-state index in [4.69, 9.17) is 9.47 Å². The van der Waals surface area contributed by atoms with Crippen LogP contribution >= 0.6 is 0 Å². The van der Waals surface area contributed by atoms with Crippen LogP contribution in [0.15, 0.2) is 0 Å². The summed E-state index contributed by atoms with van der Waals surface area (Å²) in [6.07, 6.45) is 7.33. The molecule has 2 aliphatic rings. The summed E-state index contributed by atoms with van der Waals surface area (Å²) in [6.45, 7) is 7.46. The largest absolute Gasteiger partial charge is 0.377 e. The zero-order valence-corrected chi connectivity index (χ0v) is 12.6. The summed E-state index contributed by atoms with van der Waals surface area (Å²) in [5.74, 6) is 0. The Hall–Kier alpha value is -0.160. The quantitative estimate of drug-likeness (QED) is 0.762. The molecule has 1 N–H and O–H groups in total. The first kappa shape index (κ1) is 15.2. The molecule has 0 spiro atoms. The molecule has 0 radical (unpaired) electrons. The van der Waals surface area contributed by atoms with Gasteiger partial charge in [0.15, 0.2) is 0 Å². The molecule has 4 heteroatoms. The fraction of sp³-hybridized carbons (Fsp3) is 1.00. The van der Waals surface area contributed by atoms with E-state index >= 15 is 0 Å². The number of nitrogens with one attached hydrogen (secondary N) is 1. The van der Waals surface area contributed by atoms with Crippen molar-refractivity contribution in [1.82, 2.24) is 10.2 Å². The van der Waals surface area contributed by atoms with Crippen molar-refractivity contribution in [2.45, 2.75) is 57.3 Å². The minimum atomic E-state index is 0.423. The Balaban J connectivity index is 1.67. The molecule has 2 rings (SSSR count). The molecule has 0 amide bonds. The SMILES string of the molecule is CCCOC1CCCN(CC2CCC(CNC)O2)C1. The lowest BCUT2D eigenvalue weighted by Gasteiger charge is -2.34. The third kappa shape index (κ3) is 5.03. The van der Waals surface area contributed by atoms with E-state index in [1.807, 2.05) is 7.05 Å². The molecule has 2 saturated heterocycles. The van der Waals surface area contributed by atoms with E-state index < -0.39 is 0 Å². The van der Waals surface area contributed by atoms with Gasteiger partial charge in [0.2, 0.25) is 0 Å². The number of rotatable bonds is 7. The highest BCUT2D eigenvalue weighted by molar-refractivity contribution is 4.81. The number of piperidine rings is 1. The lowest BCUT2D eigenvalue weighted by Crippen LogP contribution is -2.43. The maximum Gasteiger partial charge on any atom is 0.0707 e. The van der Waals surface area contributed by atoms with Crippen LogP contribution in [-0.4, -0.2) is 63.0 Å². The van der Waals surface area contributed by atoms with Crippen molar-refractivity contribution >= 4 is 0 Å². The first-order valence-electron chi connectivity index (χ1n) is 7.95. The smallest absolute Gasteiger partial charge is 0.0707 e. The summed E-state index contributed by atoms with van der Waals surface area (Å²) < 4.78 is 12.0. The highest BCUT2D eigenvalue weighted by Crippen LogP contribution is 2.22. The van der Waals surface area contributed by atoms with Gasteiger partial charge in [0.25, 0.3) is 0 Å². The summed E-state index contributed by atoms with van der Waals surface area (Å²) in [6, 6.07) is 0. The van der Waals surface area contributed by atoms with Gasteiger partial charge in [-0.05, 0) is 45.7 Å². The standard InChI is InChI=1S/C15H30N2O2/c1-3-9-18-14-5-4-8-17(11-14)12-15-7-6-13(19-15)10-16-2/h13-16H,3-12H2,1-2H3. The average molecular weight is 270 g/mol. The lowest BCUT2D eigenvalue weighted by molar-refractivity contribution is -0.0243. The van der Waals surface area contributed by atoms with Gasteiger partial charge in [-0.1, -0.05) is 6.92 Å². The first-order valence-corrected chi connectivity index (χ1v) is 7.95. The molecule has 2 heterocycles. The maximum absolute atomic E-state index is 6.08. The molecule has 2 fully saturated rings. The highest BCUT2D eigenvalue weighted by atomic mass is 16.5. The summed E-state index contributed by atoms with van der Waals surface area (Å²) in [5, 5.41) is 3.21. The second-order valence-electron chi connectivity index (χ2n) is 5.91. The zero-order valence-electron chi connectivity index (χ0n) is 12.6. The third-order valence-electron chi connectivity index (χ3n) is 4.11. The van der Waals surface area contributed by atoms with Gasteiger partial charge < -0.3 is 14.8 Å². The van der Waals surface area contributed by atoms with E-state index in [0.29, 0.717) is 18.3 Å². The molecule has 0 aromatic rings. The van der Waals surface area contributed by atoms with Crippen LogP contribution in [0.2, 0.25) is 0 Å². The second-order valence-corrected chi connectivity index (χ2v) is 5.91. The Morgan fingerprint density at radius 1 is 1.26 bits per heavy atom. The van der Waals surface area contributed by atoms with Gasteiger partial charge in [0, 0.05) is 26.2 Å². The van der Waals surface area contributed by atoms with Crippen LogP contribution < -0.4 is 5.32 Å². The minimum Gasteiger partial charge on any atom is -0.377 e. The Labute approximate surface area is 117 Å². The van der Waals surface area contributed by atoms with E-state index in [0.717, 1.165) is 32.7 Å². The predicted octanol–water partition coefficient (Wildman–Crippen LogP) is 1.64. The van der Waals surface area contributed by atoms with Gasteiger partial charge >= 0.3 is 0 Å². The van der Waals surface area contributed by atoms with Crippen LogP contribution in [-0.2, 0) is 9.47 Å². The molecular weight excluding hydrogens is 240 g/mol. The summed E-state index contributed by atoms with van der Waals surface area (Å²) >= 11 is 0. The first-order chi connectivity index (χ1) is 9.31. The Morgan fingerprint density at radius 2 is 2.11 bits per heavy atom. The van der Waals surface area contributed by atoms with Crippen LogP contribution in [0.1, 0.15) is 39.0 Å². The number of ether oxygens (including phenoxy) is 2. The molecule has 0 bridgehead atoms. The van der Waals surface area contributed by atoms with Crippen molar-refractivity contribution < 1.29 is 9.47 Å². The summed E-state index contributed by atoms with van der Waals surface area (Å²) in [7, 11) is 2.00. The van der Waals surface area contributed by atoms with Crippen molar-refractivity contribution in [3.63, 3.8) is 0 Å². The Bertz CT molecular complexity index is 250. The van der Waals surface area contributed by atoms with Gasteiger partial charge in [0.1, 0.15) is 0 Å². The van der Waals surface area contributed by atoms with Crippen LogP contribution in [0.25, 0.3) is 0 Å². The number of hydrogen-bond donors (Lipinski definition) is 1. The van der Waals surface area contributed by atoms with Crippen LogP contribution in [0.5, 0.6) is 0 Å². The van der Waals surface area contributed by atoms with E-state index in [-0.39, 0.29) is 0 Å². The fourth-order valence-corrected chi connectivity index (χ4v) is 3.18. The Kier molecular flexibility index (Phi) is 6.57. The van der Waals surface area contributed by atoms with E-state index in [1.54, 1.807) is 0 Å². The third-order valence-corrected chi connectivity index (χ3v) is 4.11. The van der Waals surface area contributed by atoms with Crippen molar-refractivity contribution in [2.75, 3.05) is 39.8 Å².